The third kappa shape index (κ3) is 35.4. The van der Waals surface area contributed by atoms with Gasteiger partial charge in [0.15, 0.2) is 0 Å². The first kappa shape index (κ1) is 50.9. The Hall–Kier alpha value is -2.06. The summed E-state index contributed by atoms with van der Waals surface area (Å²) in [4.78, 5) is 27.0. The lowest BCUT2D eigenvalue weighted by atomic mass is 9.98. The minimum absolute atomic E-state index is 0.0264. The van der Waals surface area contributed by atoms with Gasteiger partial charge in [0.05, 0.1) is 19.3 Å². The van der Waals surface area contributed by atoms with Crippen molar-refractivity contribution in [2.75, 3.05) is 39.5 Å². The van der Waals surface area contributed by atoms with Crippen molar-refractivity contribution in [3.63, 3.8) is 0 Å². The number of allylic oxidation sites excluding steroid dienone is 1. The molecule has 0 heterocycles. The third-order valence-corrected chi connectivity index (χ3v) is 10.5. The van der Waals surface area contributed by atoms with E-state index in [1.165, 1.54) is 83.5 Å². The first-order valence-electron chi connectivity index (χ1n) is 22.4. The van der Waals surface area contributed by atoms with Crippen LogP contribution in [-0.4, -0.2) is 62.4 Å². The van der Waals surface area contributed by atoms with E-state index in [2.05, 4.69) is 63.3 Å². The second-order valence-corrected chi connectivity index (χ2v) is 15.3. The number of hydrogen-bond acceptors (Lipinski definition) is 6. The number of carbonyl (C=O) groups is 2. The van der Waals surface area contributed by atoms with Gasteiger partial charge in [0.2, 0.25) is 0 Å². The molecule has 6 heteroatoms. The Bertz CT molecular complexity index is 958. The van der Waals surface area contributed by atoms with Gasteiger partial charge in [-0.15, -0.1) is 0 Å². The van der Waals surface area contributed by atoms with Gasteiger partial charge in [-0.3, -0.25) is 9.59 Å². The van der Waals surface area contributed by atoms with E-state index >= 15 is 0 Å². The van der Waals surface area contributed by atoms with Gasteiger partial charge in [-0.05, 0) is 108 Å². The molecule has 0 radical (unpaired) electrons. The van der Waals surface area contributed by atoms with Crippen molar-refractivity contribution in [3.8, 4) is 0 Å². The van der Waals surface area contributed by atoms with Gasteiger partial charge in [-0.2, -0.15) is 0 Å². The van der Waals surface area contributed by atoms with E-state index in [1.807, 2.05) is 6.08 Å². The normalized spacial score (nSPS) is 12.8. The van der Waals surface area contributed by atoms with Crippen LogP contribution in [0, 0.1) is 11.8 Å². The summed E-state index contributed by atoms with van der Waals surface area (Å²) < 4.78 is 17.5. The first-order valence-corrected chi connectivity index (χ1v) is 22.4. The molecule has 0 fully saturated rings. The quantitative estimate of drug-likeness (QED) is 0.0355. The van der Waals surface area contributed by atoms with Crippen LogP contribution in [-0.2, 0) is 23.8 Å². The smallest absolute Gasteiger partial charge is 0.305 e. The molecule has 0 saturated heterocycles. The fraction of sp³-hybridized carbons (Fsp3) is 0.851. The Morgan fingerprint density at radius 1 is 0.604 bits per heavy atom. The highest BCUT2D eigenvalue weighted by Crippen LogP contribution is 2.19. The van der Waals surface area contributed by atoms with Crippen LogP contribution >= 0.6 is 0 Å². The fourth-order valence-electron chi connectivity index (χ4n) is 6.79. The fourth-order valence-corrected chi connectivity index (χ4v) is 6.79. The molecule has 53 heavy (non-hydrogen) atoms. The van der Waals surface area contributed by atoms with E-state index in [1.54, 1.807) is 0 Å². The lowest BCUT2D eigenvalue weighted by Crippen LogP contribution is -2.24. The van der Waals surface area contributed by atoms with E-state index in [0.717, 1.165) is 96.9 Å². The van der Waals surface area contributed by atoms with Gasteiger partial charge in [-0.1, -0.05) is 142 Å². The highest BCUT2D eigenvalue weighted by atomic mass is 16.5. The molecule has 0 bridgehead atoms. The summed E-state index contributed by atoms with van der Waals surface area (Å²) in [5, 5.41) is 0. The summed E-state index contributed by atoms with van der Waals surface area (Å²) in [5.74, 6) is 0.886. The molecule has 3 unspecified atom stereocenters. The second-order valence-electron chi connectivity index (χ2n) is 15.3. The molecule has 308 valence electrons. The number of hydrogen-bond donors (Lipinski definition) is 0. The van der Waals surface area contributed by atoms with Crippen molar-refractivity contribution in [3.05, 3.63) is 29.8 Å². The molecule has 3 atom stereocenters. The Morgan fingerprint density at radius 2 is 1.13 bits per heavy atom. The van der Waals surface area contributed by atoms with E-state index in [4.69, 9.17) is 14.2 Å². The maximum Gasteiger partial charge on any atom is 0.305 e. The molecule has 0 aromatic heterocycles. The Balaban J connectivity index is 4.29. The van der Waals surface area contributed by atoms with Crippen LogP contribution in [0.3, 0.4) is 0 Å². The van der Waals surface area contributed by atoms with Gasteiger partial charge in [0, 0.05) is 19.4 Å². The number of esters is 2. The maximum atomic E-state index is 12.3. The van der Waals surface area contributed by atoms with Crippen molar-refractivity contribution >= 4 is 11.9 Å². The lowest BCUT2D eigenvalue weighted by Gasteiger charge is -2.20. The zero-order chi connectivity index (χ0) is 39.0. The number of nitrogens with zero attached hydrogens (tertiary/aromatic N) is 1. The first-order chi connectivity index (χ1) is 25.9. The molecule has 0 aromatic rings. The predicted molar refractivity (Wildman–Crippen MR) is 224 cm³/mol. The van der Waals surface area contributed by atoms with E-state index in [-0.39, 0.29) is 11.9 Å². The van der Waals surface area contributed by atoms with Crippen LogP contribution < -0.4 is 0 Å². The summed E-state index contributed by atoms with van der Waals surface area (Å²) in [6, 6.07) is 0. The van der Waals surface area contributed by atoms with Gasteiger partial charge in [0.25, 0.3) is 0 Å². The molecule has 0 aliphatic rings. The van der Waals surface area contributed by atoms with Gasteiger partial charge in [0.1, 0.15) is 0 Å². The second kappa shape index (κ2) is 39.6. The minimum atomic E-state index is -0.0737. The largest absolute Gasteiger partial charge is 0.466 e. The molecule has 0 rings (SSSR count). The Labute approximate surface area is 328 Å². The zero-order valence-electron chi connectivity index (χ0n) is 35.6. The molecule has 0 aliphatic carbocycles. The van der Waals surface area contributed by atoms with Gasteiger partial charge in [-0.25, -0.2) is 0 Å². The SMILES string of the molecule is C=C=C=C=CC(CCCCC)CCOC(=O)CCCCCCCC(CCCCCCCC(=O)OCCC(C)CCCCC)OCCCCN(CC)CC. The van der Waals surface area contributed by atoms with E-state index in [9.17, 15) is 9.59 Å². The predicted octanol–water partition coefficient (Wildman–Crippen LogP) is 12.9. The van der Waals surface area contributed by atoms with Crippen molar-refractivity contribution in [1.29, 1.82) is 0 Å². The number of ether oxygens (including phenoxy) is 3. The topological polar surface area (TPSA) is 65.1 Å². The van der Waals surface area contributed by atoms with Crippen LogP contribution in [0.25, 0.3) is 0 Å². The van der Waals surface area contributed by atoms with Crippen molar-refractivity contribution < 1.29 is 23.8 Å². The molecule has 0 amide bonds. The van der Waals surface area contributed by atoms with E-state index < -0.39 is 0 Å². The van der Waals surface area contributed by atoms with Crippen LogP contribution in [0.5, 0.6) is 0 Å². The van der Waals surface area contributed by atoms with E-state index in [0.29, 0.717) is 44.0 Å². The Morgan fingerprint density at radius 3 is 1.70 bits per heavy atom. The van der Waals surface area contributed by atoms with Crippen LogP contribution in [0.2, 0.25) is 0 Å². The van der Waals surface area contributed by atoms with Crippen molar-refractivity contribution in [2.45, 2.75) is 208 Å². The summed E-state index contributed by atoms with van der Waals surface area (Å²) in [6.07, 6.45) is 30.6. The van der Waals surface area contributed by atoms with Crippen LogP contribution in [0.4, 0.5) is 0 Å². The Kier molecular flexibility index (Phi) is 38.1. The molecule has 0 aliphatic heterocycles. The van der Waals surface area contributed by atoms with Crippen molar-refractivity contribution in [1.82, 2.24) is 4.90 Å². The average molecular weight is 744 g/mol. The summed E-state index contributed by atoms with van der Waals surface area (Å²) in [7, 11) is 0. The molecule has 6 nitrogen and oxygen atoms in total. The number of carbonyl (C=O) groups excluding carboxylic acids is 2. The van der Waals surface area contributed by atoms with Gasteiger partial charge >= 0.3 is 11.9 Å². The molecule has 0 N–H and O–H groups in total. The molecule has 0 aromatic carbocycles. The lowest BCUT2D eigenvalue weighted by molar-refractivity contribution is -0.145. The molecular weight excluding hydrogens is 659 g/mol. The maximum absolute atomic E-state index is 12.3. The van der Waals surface area contributed by atoms with Crippen molar-refractivity contribution in [2.24, 2.45) is 11.8 Å². The molecular formula is C47H85NO5. The third-order valence-electron chi connectivity index (χ3n) is 10.5. The summed E-state index contributed by atoms with van der Waals surface area (Å²) in [6.45, 7) is 20.0. The monoisotopic (exact) mass is 744 g/mol. The summed E-state index contributed by atoms with van der Waals surface area (Å²) >= 11 is 0. The van der Waals surface area contributed by atoms with Gasteiger partial charge < -0.3 is 19.1 Å². The number of unbranched alkanes of at least 4 members (excludes halogenated alkanes) is 13. The zero-order valence-corrected chi connectivity index (χ0v) is 35.6. The molecule has 0 saturated carbocycles. The van der Waals surface area contributed by atoms with Crippen LogP contribution in [0.15, 0.2) is 29.8 Å². The summed E-state index contributed by atoms with van der Waals surface area (Å²) in [5.41, 5.74) is 8.40. The standard InChI is InChI=1S/C47H85NO5/c1-7-12-21-30-43(6)37-41-52-46(49)35-26-19-15-17-24-33-45(51-40-29-28-39-48(10-4)11-5)34-25-18-16-20-27-36-47(50)53-42-38-44(31-22-13-8-2)32-23-14-9-3/h31,43-45H,2,7,9-12,14-21,23-30,32-42H2,1,3-6H3. The highest BCUT2D eigenvalue weighted by Gasteiger charge is 2.12. The van der Waals surface area contributed by atoms with Crippen LogP contribution in [0.1, 0.15) is 202 Å². The highest BCUT2D eigenvalue weighted by molar-refractivity contribution is 5.69. The molecule has 0 spiro atoms. The minimum Gasteiger partial charge on any atom is -0.466 e. The number of rotatable bonds is 39. The average Bonchev–Trinajstić information content (AvgIpc) is 3.15.